The molecule has 0 amide bonds. The van der Waals surface area contributed by atoms with E-state index in [-0.39, 0.29) is 18.0 Å². The lowest BCUT2D eigenvalue weighted by Crippen LogP contribution is -2.60. The van der Waals surface area contributed by atoms with Crippen LogP contribution in [0, 0.1) is 22.5 Å². The highest BCUT2D eigenvalue weighted by Crippen LogP contribution is 2.41. The van der Waals surface area contributed by atoms with E-state index in [1.807, 2.05) is 34.6 Å². The molecule has 0 aromatic carbocycles. The Morgan fingerprint density at radius 3 is 1.96 bits per heavy atom. The molecular weight excluding hydrogens is 290 g/mol. The number of esters is 1. The largest absolute Gasteiger partial charge is 0.784 e. The zero-order valence-corrected chi connectivity index (χ0v) is 16.5. The average molecular weight is 327 g/mol. The van der Waals surface area contributed by atoms with Crippen molar-refractivity contribution in [3.8, 4) is 0 Å². The Morgan fingerprint density at radius 1 is 1.17 bits per heavy atom. The van der Waals surface area contributed by atoms with E-state index in [1.54, 1.807) is 0 Å². The van der Waals surface area contributed by atoms with Gasteiger partial charge >= 0.3 is 5.97 Å². The second-order valence-corrected chi connectivity index (χ2v) is 9.52. The average Bonchev–Trinajstić information content (AvgIpc) is 2.33. The zero-order valence-electron chi connectivity index (χ0n) is 16.5. The number of hydrogen-bond donors (Lipinski definition) is 0. The van der Waals surface area contributed by atoms with Crippen molar-refractivity contribution in [2.75, 3.05) is 0 Å². The molecule has 1 saturated heterocycles. The first-order valence-corrected chi connectivity index (χ1v) is 8.91. The highest BCUT2D eigenvalue weighted by atomic mass is 16.5. The quantitative estimate of drug-likeness (QED) is 0.684. The molecule has 1 fully saturated rings. The van der Waals surface area contributed by atoms with Crippen molar-refractivity contribution in [2.45, 2.75) is 98.8 Å². The smallest absolute Gasteiger partial charge is 0.312 e. The van der Waals surface area contributed by atoms with E-state index in [9.17, 15) is 10.0 Å². The first kappa shape index (κ1) is 20.4. The fourth-order valence-electron chi connectivity index (χ4n) is 3.94. The lowest BCUT2D eigenvalue weighted by molar-refractivity contribution is -0.172. The maximum atomic E-state index is 12.9. The Balaban J connectivity index is 2.91. The third kappa shape index (κ3) is 4.48. The molecule has 136 valence electrons. The second-order valence-electron chi connectivity index (χ2n) is 9.52. The Morgan fingerprint density at radius 2 is 1.61 bits per heavy atom. The van der Waals surface area contributed by atoms with Gasteiger partial charge in [0.25, 0.3) is 0 Å². The molecule has 1 aliphatic rings. The molecule has 1 aliphatic heterocycles. The van der Waals surface area contributed by atoms with Gasteiger partial charge in [-0.3, -0.25) is 4.79 Å². The van der Waals surface area contributed by atoms with Crippen LogP contribution in [0.4, 0.5) is 0 Å². The normalized spacial score (nSPS) is 24.7. The second kappa shape index (κ2) is 6.72. The Hall–Kier alpha value is -0.610. The summed E-state index contributed by atoms with van der Waals surface area (Å²) in [6.07, 6.45) is 1.79. The Labute approximate surface area is 142 Å². The van der Waals surface area contributed by atoms with Crippen LogP contribution in [0.2, 0.25) is 0 Å². The summed E-state index contributed by atoms with van der Waals surface area (Å²) in [6.45, 7) is 18.2. The Bertz CT molecular complexity index is 410. The predicted octanol–water partition coefficient (Wildman–Crippen LogP) is 4.76. The van der Waals surface area contributed by atoms with Gasteiger partial charge in [0.05, 0.1) is 5.41 Å². The number of carbonyl (C=O) groups is 1. The number of nitrogens with zero attached hydrogens (tertiary/aromatic N) is 1. The van der Waals surface area contributed by atoms with Gasteiger partial charge in [-0.1, -0.05) is 27.7 Å². The maximum Gasteiger partial charge on any atom is 0.312 e. The zero-order chi connectivity index (χ0) is 18.2. The van der Waals surface area contributed by atoms with Crippen molar-refractivity contribution < 1.29 is 9.53 Å². The van der Waals surface area contributed by atoms with Crippen LogP contribution in [-0.4, -0.2) is 28.2 Å². The molecule has 0 aromatic heterocycles. The summed E-state index contributed by atoms with van der Waals surface area (Å²) in [7, 11) is 0. The van der Waals surface area contributed by atoms with Gasteiger partial charge in [0.2, 0.25) is 0 Å². The molecule has 0 aliphatic carbocycles. The SMILES string of the molecule is CC(C)CC(C)(C(=O)OC1CC(C)(C)N([O-])C(C)(C)C1)C(C)C. The van der Waals surface area contributed by atoms with E-state index in [4.69, 9.17) is 4.74 Å². The van der Waals surface area contributed by atoms with Crippen molar-refractivity contribution in [2.24, 2.45) is 17.3 Å². The van der Waals surface area contributed by atoms with Crippen LogP contribution in [0.1, 0.15) is 81.6 Å². The van der Waals surface area contributed by atoms with E-state index in [2.05, 4.69) is 27.7 Å². The molecule has 0 spiro atoms. The van der Waals surface area contributed by atoms with Crippen LogP contribution < -0.4 is 0 Å². The Kier molecular flexibility index (Phi) is 5.97. The van der Waals surface area contributed by atoms with Gasteiger partial charge in [-0.15, -0.1) is 0 Å². The molecule has 1 heterocycles. The number of hydrogen-bond acceptors (Lipinski definition) is 4. The molecule has 0 saturated carbocycles. The van der Waals surface area contributed by atoms with Crippen molar-refractivity contribution >= 4 is 5.97 Å². The van der Waals surface area contributed by atoms with Gasteiger partial charge in [0.15, 0.2) is 0 Å². The number of piperidine rings is 1. The van der Waals surface area contributed by atoms with Gasteiger partial charge in [-0.05, 0) is 52.9 Å². The van der Waals surface area contributed by atoms with E-state index in [0.717, 1.165) is 6.42 Å². The van der Waals surface area contributed by atoms with E-state index < -0.39 is 16.5 Å². The van der Waals surface area contributed by atoms with Crippen molar-refractivity contribution in [3.05, 3.63) is 5.21 Å². The number of carbonyl (C=O) groups excluding carboxylic acids is 1. The summed E-state index contributed by atoms with van der Waals surface area (Å²) in [5, 5.41) is 13.6. The summed E-state index contributed by atoms with van der Waals surface area (Å²) in [5.41, 5.74) is -1.50. The molecule has 4 nitrogen and oxygen atoms in total. The highest BCUT2D eigenvalue weighted by molar-refractivity contribution is 5.77. The standard InChI is InChI=1S/C19H36NO3/c1-13(2)10-19(9,14(3)4)16(21)23-15-11-17(5,6)20(22)18(7,8)12-15/h13-15H,10-12H2,1-9H3/q-1. The topological polar surface area (TPSA) is 52.6 Å². The number of hydroxylamine groups is 2. The van der Waals surface area contributed by atoms with Gasteiger partial charge in [0, 0.05) is 23.9 Å². The minimum atomic E-state index is -0.515. The van der Waals surface area contributed by atoms with Crippen molar-refractivity contribution in [3.63, 3.8) is 0 Å². The maximum absolute atomic E-state index is 12.9. The molecule has 0 aromatic rings. The van der Waals surface area contributed by atoms with Crippen molar-refractivity contribution in [1.29, 1.82) is 0 Å². The van der Waals surface area contributed by atoms with Gasteiger partial charge < -0.3 is 15.0 Å². The van der Waals surface area contributed by atoms with E-state index >= 15 is 0 Å². The number of ether oxygens (including phenoxy) is 1. The molecule has 0 N–H and O–H groups in total. The molecule has 4 heteroatoms. The summed E-state index contributed by atoms with van der Waals surface area (Å²) in [4.78, 5) is 12.9. The monoisotopic (exact) mass is 326 g/mol. The first-order chi connectivity index (χ1) is 10.2. The summed E-state index contributed by atoms with van der Waals surface area (Å²) < 4.78 is 5.93. The summed E-state index contributed by atoms with van der Waals surface area (Å²) in [6, 6.07) is 0. The van der Waals surface area contributed by atoms with Crippen LogP contribution in [0.5, 0.6) is 0 Å². The third-order valence-electron chi connectivity index (χ3n) is 5.40. The molecule has 0 bridgehead atoms. The number of rotatable bonds is 5. The lowest BCUT2D eigenvalue weighted by Gasteiger charge is -2.59. The van der Waals surface area contributed by atoms with Gasteiger partial charge in [-0.25, -0.2) is 0 Å². The molecule has 0 radical (unpaired) electrons. The van der Waals surface area contributed by atoms with E-state index in [1.165, 1.54) is 5.06 Å². The summed E-state index contributed by atoms with van der Waals surface area (Å²) >= 11 is 0. The minimum absolute atomic E-state index is 0.114. The molecule has 1 rings (SSSR count). The van der Waals surface area contributed by atoms with E-state index in [0.29, 0.717) is 18.8 Å². The first-order valence-electron chi connectivity index (χ1n) is 8.91. The van der Waals surface area contributed by atoms with Crippen LogP contribution in [0.25, 0.3) is 0 Å². The molecular formula is C19H36NO3-. The fraction of sp³-hybridized carbons (Fsp3) is 0.947. The van der Waals surface area contributed by atoms with Gasteiger partial charge in [-0.2, -0.15) is 0 Å². The van der Waals surface area contributed by atoms with Crippen LogP contribution in [-0.2, 0) is 9.53 Å². The van der Waals surface area contributed by atoms with Crippen LogP contribution >= 0.6 is 0 Å². The minimum Gasteiger partial charge on any atom is -0.784 e. The lowest BCUT2D eigenvalue weighted by atomic mass is 9.73. The predicted molar refractivity (Wildman–Crippen MR) is 94.9 cm³/mol. The molecule has 1 unspecified atom stereocenters. The fourth-order valence-corrected chi connectivity index (χ4v) is 3.94. The van der Waals surface area contributed by atoms with Gasteiger partial charge in [0.1, 0.15) is 6.10 Å². The third-order valence-corrected chi connectivity index (χ3v) is 5.40. The van der Waals surface area contributed by atoms with Crippen molar-refractivity contribution in [1.82, 2.24) is 5.06 Å². The van der Waals surface area contributed by atoms with Crippen LogP contribution in [0.3, 0.4) is 0 Å². The summed E-state index contributed by atoms with van der Waals surface area (Å²) in [5.74, 6) is 0.543. The molecule has 23 heavy (non-hydrogen) atoms. The highest BCUT2D eigenvalue weighted by Gasteiger charge is 2.45. The molecule has 1 atom stereocenters. The van der Waals surface area contributed by atoms with Crippen LogP contribution in [0.15, 0.2) is 0 Å².